The van der Waals surface area contributed by atoms with Gasteiger partial charge in [-0.2, -0.15) is 0 Å². The Morgan fingerprint density at radius 3 is 2.52 bits per heavy atom. The van der Waals surface area contributed by atoms with Crippen molar-refractivity contribution in [2.24, 2.45) is 0 Å². The predicted octanol–water partition coefficient (Wildman–Crippen LogP) is 2.58. The molecule has 0 unspecified atom stereocenters. The highest BCUT2D eigenvalue weighted by molar-refractivity contribution is 7.92. The molecule has 10 heteroatoms. The fourth-order valence-corrected chi connectivity index (χ4v) is 2.74. The maximum atomic E-state index is 13.5. The summed E-state index contributed by atoms with van der Waals surface area (Å²) in [5.74, 6) is -1.58. The minimum absolute atomic E-state index is 0.146. The number of hydrogen-bond donors (Lipinski definition) is 1. The number of hydrogen-bond acceptors (Lipinski definition) is 5. The number of anilines is 1. The second kappa shape index (κ2) is 5.62. The van der Waals surface area contributed by atoms with E-state index in [1.54, 1.807) is 0 Å². The van der Waals surface area contributed by atoms with E-state index in [0.717, 1.165) is 24.3 Å². The lowest BCUT2D eigenvalue weighted by atomic mass is 10.4. The van der Waals surface area contributed by atoms with Crippen LogP contribution in [0.1, 0.15) is 0 Å². The zero-order chi connectivity index (χ0) is 15.6. The summed E-state index contributed by atoms with van der Waals surface area (Å²) in [5.41, 5.74) is -0.598. The number of nitrogens with zero attached hydrogens (tertiary/aromatic N) is 2. The average Bonchev–Trinajstić information content (AvgIpc) is 2.38. The summed E-state index contributed by atoms with van der Waals surface area (Å²) >= 11 is 5.59. The molecule has 0 bridgehead atoms. The minimum Gasteiger partial charge on any atom is -0.258 e. The van der Waals surface area contributed by atoms with Crippen LogP contribution in [0.2, 0.25) is 5.15 Å². The first-order valence-electron chi connectivity index (χ1n) is 5.39. The molecule has 0 radical (unpaired) electrons. The van der Waals surface area contributed by atoms with Gasteiger partial charge in [-0.15, -0.1) is 0 Å². The largest absolute Gasteiger partial charge is 0.312 e. The van der Waals surface area contributed by atoms with Gasteiger partial charge in [-0.05, 0) is 18.2 Å². The van der Waals surface area contributed by atoms with Crippen LogP contribution < -0.4 is 4.72 Å². The molecule has 1 heterocycles. The molecule has 0 saturated heterocycles. The first-order chi connectivity index (χ1) is 9.81. The lowest BCUT2D eigenvalue weighted by molar-refractivity contribution is -0.384. The molecule has 0 fully saturated rings. The van der Waals surface area contributed by atoms with E-state index >= 15 is 0 Å². The van der Waals surface area contributed by atoms with Gasteiger partial charge < -0.3 is 0 Å². The molecule has 0 atom stereocenters. The van der Waals surface area contributed by atoms with E-state index in [0.29, 0.717) is 0 Å². The molecule has 0 aliphatic carbocycles. The Morgan fingerprint density at radius 1 is 1.24 bits per heavy atom. The Hall–Kier alpha value is -2.26. The topological polar surface area (TPSA) is 102 Å². The smallest absolute Gasteiger partial charge is 0.258 e. The van der Waals surface area contributed by atoms with Crippen LogP contribution in [0.3, 0.4) is 0 Å². The summed E-state index contributed by atoms with van der Waals surface area (Å²) in [6.45, 7) is 0. The molecule has 1 aromatic heterocycles. The van der Waals surface area contributed by atoms with Crippen LogP contribution in [0.25, 0.3) is 0 Å². The zero-order valence-corrected chi connectivity index (χ0v) is 11.7. The molecule has 2 rings (SSSR count). The predicted molar refractivity (Wildman–Crippen MR) is 73.1 cm³/mol. The van der Waals surface area contributed by atoms with E-state index in [2.05, 4.69) is 4.98 Å². The van der Waals surface area contributed by atoms with Gasteiger partial charge in [-0.1, -0.05) is 23.7 Å². The molecule has 0 amide bonds. The monoisotopic (exact) mass is 331 g/mol. The van der Waals surface area contributed by atoms with Crippen LogP contribution in [-0.2, 0) is 10.0 Å². The van der Waals surface area contributed by atoms with Gasteiger partial charge in [0.15, 0.2) is 0 Å². The van der Waals surface area contributed by atoms with E-state index in [4.69, 9.17) is 11.6 Å². The highest BCUT2D eigenvalue weighted by Gasteiger charge is 2.24. The lowest BCUT2D eigenvalue weighted by Gasteiger charge is -2.08. The Morgan fingerprint density at radius 2 is 1.90 bits per heavy atom. The van der Waals surface area contributed by atoms with Crippen LogP contribution in [0.5, 0.6) is 0 Å². The third-order valence-electron chi connectivity index (χ3n) is 2.39. The zero-order valence-electron chi connectivity index (χ0n) is 10.2. The molecule has 0 spiro atoms. The number of aromatic nitrogens is 1. The van der Waals surface area contributed by atoms with Crippen molar-refractivity contribution in [1.29, 1.82) is 0 Å². The molecule has 2 aromatic rings. The van der Waals surface area contributed by atoms with E-state index in [-0.39, 0.29) is 5.15 Å². The lowest BCUT2D eigenvalue weighted by Crippen LogP contribution is -2.16. The highest BCUT2D eigenvalue weighted by Crippen LogP contribution is 2.27. The van der Waals surface area contributed by atoms with Crippen molar-refractivity contribution in [3.05, 3.63) is 57.5 Å². The van der Waals surface area contributed by atoms with Gasteiger partial charge in [-0.25, -0.2) is 17.8 Å². The molecule has 1 aromatic carbocycles. The standard InChI is InChI=1S/C11H7ClFN3O4S/c12-10-6-5-8(16(17)18)11(14-10)15-21(19,20)9-4-2-1-3-7(9)13/h1-6H,(H,14,15). The van der Waals surface area contributed by atoms with E-state index in [1.165, 1.54) is 12.1 Å². The number of benzene rings is 1. The van der Waals surface area contributed by atoms with Crippen molar-refractivity contribution in [3.63, 3.8) is 0 Å². The Balaban J connectivity index is 2.49. The Bertz CT molecular complexity index is 813. The Labute approximate surface area is 123 Å². The quantitative estimate of drug-likeness (QED) is 0.527. The van der Waals surface area contributed by atoms with Gasteiger partial charge >= 0.3 is 5.69 Å². The molecular weight excluding hydrogens is 325 g/mol. The van der Waals surface area contributed by atoms with Crippen molar-refractivity contribution in [3.8, 4) is 0 Å². The number of rotatable bonds is 4. The second-order valence-electron chi connectivity index (χ2n) is 3.79. The number of nitrogens with one attached hydrogen (secondary N) is 1. The molecule has 110 valence electrons. The molecule has 0 aliphatic heterocycles. The van der Waals surface area contributed by atoms with Crippen LogP contribution in [0, 0.1) is 15.9 Å². The molecule has 21 heavy (non-hydrogen) atoms. The maximum Gasteiger partial charge on any atom is 0.312 e. The van der Waals surface area contributed by atoms with Crippen molar-refractivity contribution in [2.45, 2.75) is 4.90 Å². The van der Waals surface area contributed by atoms with Gasteiger partial charge in [0.1, 0.15) is 15.9 Å². The number of pyridine rings is 1. The molecule has 7 nitrogen and oxygen atoms in total. The minimum atomic E-state index is -4.37. The van der Waals surface area contributed by atoms with Crippen molar-refractivity contribution >= 4 is 33.1 Å². The van der Waals surface area contributed by atoms with Crippen LogP contribution >= 0.6 is 11.6 Å². The van der Waals surface area contributed by atoms with E-state index in [1.807, 2.05) is 4.72 Å². The average molecular weight is 332 g/mol. The highest BCUT2D eigenvalue weighted by atomic mass is 35.5. The molecular formula is C11H7ClFN3O4S. The molecule has 0 aliphatic rings. The van der Waals surface area contributed by atoms with Gasteiger partial charge in [0.2, 0.25) is 5.82 Å². The Kier molecular flexibility index (Phi) is 4.05. The SMILES string of the molecule is O=[N+]([O-])c1ccc(Cl)nc1NS(=O)(=O)c1ccccc1F. The summed E-state index contributed by atoms with van der Waals surface area (Å²) in [5, 5.41) is 10.7. The fourth-order valence-electron chi connectivity index (χ4n) is 1.50. The van der Waals surface area contributed by atoms with Crippen molar-refractivity contribution in [1.82, 2.24) is 4.98 Å². The van der Waals surface area contributed by atoms with Crippen molar-refractivity contribution in [2.75, 3.05) is 4.72 Å². The summed E-state index contributed by atoms with van der Waals surface area (Å²) in [7, 11) is -4.37. The van der Waals surface area contributed by atoms with Crippen molar-refractivity contribution < 1.29 is 17.7 Å². The van der Waals surface area contributed by atoms with E-state index in [9.17, 15) is 22.9 Å². The summed E-state index contributed by atoms with van der Waals surface area (Å²) in [6, 6.07) is 6.74. The number of sulfonamides is 1. The molecule has 0 saturated carbocycles. The second-order valence-corrected chi connectivity index (χ2v) is 5.83. The normalized spacial score (nSPS) is 11.1. The molecule has 1 N–H and O–H groups in total. The maximum absolute atomic E-state index is 13.5. The number of nitro groups is 1. The van der Waals surface area contributed by atoms with Gasteiger partial charge in [0, 0.05) is 6.07 Å². The van der Waals surface area contributed by atoms with Crippen LogP contribution in [-0.4, -0.2) is 18.3 Å². The van der Waals surface area contributed by atoms with Crippen LogP contribution in [0.4, 0.5) is 15.9 Å². The fraction of sp³-hybridized carbons (Fsp3) is 0. The number of halogens is 2. The van der Waals surface area contributed by atoms with Gasteiger partial charge in [0.25, 0.3) is 10.0 Å². The van der Waals surface area contributed by atoms with Crippen LogP contribution in [0.15, 0.2) is 41.3 Å². The first kappa shape index (κ1) is 15.1. The third kappa shape index (κ3) is 3.26. The van der Waals surface area contributed by atoms with Gasteiger partial charge in [-0.3, -0.25) is 14.8 Å². The van der Waals surface area contributed by atoms with Gasteiger partial charge in [0.05, 0.1) is 4.92 Å². The van der Waals surface area contributed by atoms with E-state index < -0.39 is 37.2 Å². The summed E-state index contributed by atoms with van der Waals surface area (Å²) < 4.78 is 39.5. The summed E-state index contributed by atoms with van der Waals surface area (Å²) in [4.78, 5) is 12.9. The third-order valence-corrected chi connectivity index (χ3v) is 3.98. The first-order valence-corrected chi connectivity index (χ1v) is 7.25. The summed E-state index contributed by atoms with van der Waals surface area (Å²) in [6.07, 6.45) is 0.